The first-order valence-electron chi connectivity index (χ1n) is 5.59. The number of hydrogen-bond acceptors (Lipinski definition) is 1. The molecule has 1 aromatic rings. The van der Waals surface area contributed by atoms with Gasteiger partial charge >= 0.3 is 0 Å². The lowest BCUT2D eigenvalue weighted by atomic mass is 9.94. The van der Waals surface area contributed by atoms with Gasteiger partial charge in [-0.15, -0.1) is 0 Å². The van der Waals surface area contributed by atoms with Crippen LogP contribution in [0.2, 0.25) is 0 Å². The molecule has 0 aromatic heterocycles. The SMILES string of the molecule is CC=C(CC)c1cccc(C(C)C)c1O. The Kier molecular flexibility index (Phi) is 3.96. The summed E-state index contributed by atoms with van der Waals surface area (Å²) in [5, 5.41) is 10.2. The fourth-order valence-corrected chi connectivity index (χ4v) is 1.84. The quantitative estimate of drug-likeness (QED) is 0.777. The van der Waals surface area contributed by atoms with Crippen LogP contribution in [0, 0.1) is 0 Å². The molecule has 15 heavy (non-hydrogen) atoms. The molecule has 0 aliphatic heterocycles. The molecule has 1 N–H and O–H groups in total. The van der Waals surface area contributed by atoms with Crippen molar-refractivity contribution in [2.45, 2.75) is 40.0 Å². The molecular weight excluding hydrogens is 184 g/mol. The summed E-state index contributed by atoms with van der Waals surface area (Å²) in [4.78, 5) is 0. The Morgan fingerprint density at radius 2 is 2.07 bits per heavy atom. The third-order valence-electron chi connectivity index (χ3n) is 2.76. The number of hydrogen-bond donors (Lipinski definition) is 1. The van der Waals surface area contributed by atoms with E-state index in [4.69, 9.17) is 0 Å². The van der Waals surface area contributed by atoms with Crippen molar-refractivity contribution in [3.05, 3.63) is 35.4 Å². The molecule has 0 heterocycles. The molecule has 0 radical (unpaired) electrons. The maximum Gasteiger partial charge on any atom is 0.126 e. The van der Waals surface area contributed by atoms with Crippen LogP contribution in [0.3, 0.4) is 0 Å². The highest BCUT2D eigenvalue weighted by Gasteiger charge is 2.11. The van der Waals surface area contributed by atoms with E-state index in [0.717, 1.165) is 17.5 Å². The molecule has 0 aliphatic carbocycles. The highest BCUT2D eigenvalue weighted by Crippen LogP contribution is 2.33. The number of aromatic hydroxyl groups is 1. The molecule has 82 valence electrons. The van der Waals surface area contributed by atoms with Crippen molar-refractivity contribution < 1.29 is 5.11 Å². The molecule has 0 saturated heterocycles. The molecule has 0 spiro atoms. The van der Waals surface area contributed by atoms with Crippen LogP contribution in [0.4, 0.5) is 0 Å². The van der Waals surface area contributed by atoms with Crippen LogP contribution >= 0.6 is 0 Å². The van der Waals surface area contributed by atoms with Gasteiger partial charge in [0.25, 0.3) is 0 Å². The van der Waals surface area contributed by atoms with E-state index in [1.54, 1.807) is 0 Å². The predicted octanol–water partition coefficient (Wildman–Crippen LogP) is 4.33. The molecule has 0 fully saturated rings. The molecule has 0 amide bonds. The van der Waals surface area contributed by atoms with E-state index >= 15 is 0 Å². The molecule has 0 bridgehead atoms. The summed E-state index contributed by atoms with van der Waals surface area (Å²) >= 11 is 0. The fraction of sp³-hybridized carbons (Fsp3) is 0.429. The van der Waals surface area contributed by atoms with Crippen LogP contribution in [0.5, 0.6) is 5.75 Å². The third-order valence-corrected chi connectivity index (χ3v) is 2.76. The van der Waals surface area contributed by atoms with Crippen molar-refractivity contribution in [1.29, 1.82) is 0 Å². The van der Waals surface area contributed by atoms with Crippen molar-refractivity contribution in [3.8, 4) is 5.75 Å². The van der Waals surface area contributed by atoms with Gasteiger partial charge in [0.05, 0.1) is 0 Å². The van der Waals surface area contributed by atoms with Gasteiger partial charge in [0.2, 0.25) is 0 Å². The number of rotatable bonds is 3. The smallest absolute Gasteiger partial charge is 0.126 e. The second-order valence-electron chi connectivity index (χ2n) is 4.07. The summed E-state index contributed by atoms with van der Waals surface area (Å²) in [5.41, 5.74) is 3.21. The Labute approximate surface area is 92.5 Å². The van der Waals surface area contributed by atoms with Gasteiger partial charge < -0.3 is 5.11 Å². The molecule has 0 saturated carbocycles. The maximum absolute atomic E-state index is 10.2. The van der Waals surface area contributed by atoms with Crippen LogP contribution in [0.25, 0.3) is 5.57 Å². The van der Waals surface area contributed by atoms with Gasteiger partial charge in [-0.05, 0) is 30.4 Å². The minimum Gasteiger partial charge on any atom is -0.507 e. The summed E-state index contributed by atoms with van der Waals surface area (Å²) in [5.74, 6) is 0.808. The van der Waals surface area contributed by atoms with E-state index in [-0.39, 0.29) is 0 Å². The Morgan fingerprint density at radius 3 is 2.53 bits per heavy atom. The zero-order valence-electron chi connectivity index (χ0n) is 10.0. The predicted molar refractivity (Wildman–Crippen MR) is 66.1 cm³/mol. The topological polar surface area (TPSA) is 20.2 Å². The molecule has 1 nitrogen and oxygen atoms in total. The Bertz CT molecular complexity index is 362. The Hall–Kier alpha value is -1.24. The van der Waals surface area contributed by atoms with Crippen LogP contribution < -0.4 is 0 Å². The normalized spacial score (nSPS) is 12.2. The van der Waals surface area contributed by atoms with Gasteiger partial charge in [0.15, 0.2) is 0 Å². The summed E-state index contributed by atoms with van der Waals surface area (Å²) in [6.45, 7) is 8.32. The second kappa shape index (κ2) is 5.01. The zero-order valence-corrected chi connectivity index (χ0v) is 10.0. The summed E-state index contributed by atoms with van der Waals surface area (Å²) in [7, 11) is 0. The summed E-state index contributed by atoms with van der Waals surface area (Å²) in [6.07, 6.45) is 3.02. The highest BCUT2D eigenvalue weighted by atomic mass is 16.3. The highest BCUT2D eigenvalue weighted by molar-refractivity contribution is 5.71. The largest absolute Gasteiger partial charge is 0.507 e. The first-order chi connectivity index (χ1) is 7.11. The molecule has 0 aliphatic rings. The minimum absolute atomic E-state index is 0.361. The van der Waals surface area contributed by atoms with Gasteiger partial charge in [0, 0.05) is 5.56 Å². The van der Waals surface area contributed by atoms with Gasteiger partial charge in [-0.3, -0.25) is 0 Å². The van der Waals surface area contributed by atoms with E-state index in [9.17, 15) is 5.11 Å². The first kappa shape index (κ1) is 11.8. The lowest BCUT2D eigenvalue weighted by molar-refractivity contribution is 0.463. The number of phenols is 1. The monoisotopic (exact) mass is 204 g/mol. The van der Waals surface area contributed by atoms with Gasteiger partial charge in [-0.25, -0.2) is 0 Å². The number of para-hydroxylation sites is 1. The minimum atomic E-state index is 0.361. The second-order valence-corrected chi connectivity index (χ2v) is 4.07. The maximum atomic E-state index is 10.2. The van der Waals surface area contributed by atoms with Gasteiger partial charge in [-0.2, -0.15) is 0 Å². The van der Waals surface area contributed by atoms with E-state index in [2.05, 4.69) is 26.8 Å². The molecule has 0 atom stereocenters. The molecule has 1 aromatic carbocycles. The number of benzene rings is 1. The van der Waals surface area contributed by atoms with Crippen molar-refractivity contribution in [1.82, 2.24) is 0 Å². The van der Waals surface area contributed by atoms with Crippen LogP contribution in [-0.4, -0.2) is 5.11 Å². The molecule has 1 heteroatoms. The first-order valence-corrected chi connectivity index (χ1v) is 5.59. The zero-order chi connectivity index (χ0) is 11.4. The number of phenolic OH excluding ortho intramolecular Hbond substituents is 1. The average Bonchev–Trinajstić information content (AvgIpc) is 2.21. The Balaban J connectivity index is 3.26. The molecule has 0 unspecified atom stereocenters. The molecular formula is C14H20O. The van der Waals surface area contributed by atoms with Crippen molar-refractivity contribution in [2.75, 3.05) is 0 Å². The lowest BCUT2D eigenvalue weighted by Crippen LogP contribution is -1.92. The van der Waals surface area contributed by atoms with E-state index in [1.165, 1.54) is 5.57 Å². The third kappa shape index (κ3) is 2.41. The standard InChI is InChI=1S/C14H20O/c1-5-11(6-2)13-9-7-8-12(10(3)4)14(13)15/h5,7-10,15H,6H2,1-4H3. The summed E-state index contributed by atoms with van der Waals surface area (Å²) < 4.78 is 0. The van der Waals surface area contributed by atoms with Gasteiger partial charge in [-0.1, -0.05) is 45.0 Å². The van der Waals surface area contributed by atoms with E-state index < -0.39 is 0 Å². The van der Waals surface area contributed by atoms with Crippen LogP contribution in [0.1, 0.15) is 51.2 Å². The Morgan fingerprint density at radius 1 is 1.40 bits per heavy atom. The number of allylic oxidation sites excluding steroid dienone is 2. The lowest BCUT2D eigenvalue weighted by Gasteiger charge is -2.13. The van der Waals surface area contributed by atoms with Crippen molar-refractivity contribution >= 4 is 5.57 Å². The van der Waals surface area contributed by atoms with Gasteiger partial charge in [0.1, 0.15) is 5.75 Å². The molecule has 1 rings (SSSR count). The average molecular weight is 204 g/mol. The van der Waals surface area contributed by atoms with Crippen LogP contribution in [-0.2, 0) is 0 Å². The van der Waals surface area contributed by atoms with Crippen molar-refractivity contribution in [2.24, 2.45) is 0 Å². The fourth-order valence-electron chi connectivity index (χ4n) is 1.84. The van der Waals surface area contributed by atoms with Crippen LogP contribution in [0.15, 0.2) is 24.3 Å². The van der Waals surface area contributed by atoms with E-state index in [0.29, 0.717) is 11.7 Å². The summed E-state index contributed by atoms with van der Waals surface area (Å²) in [6, 6.07) is 6.00. The van der Waals surface area contributed by atoms with Crippen molar-refractivity contribution in [3.63, 3.8) is 0 Å². The van der Waals surface area contributed by atoms with E-state index in [1.807, 2.05) is 25.1 Å².